The minimum absolute atomic E-state index is 0.0904. The second-order valence-electron chi connectivity index (χ2n) is 2.81. The minimum atomic E-state index is -0.0904. The van der Waals surface area contributed by atoms with E-state index in [9.17, 15) is 0 Å². The molecule has 0 aliphatic carbocycles. The fourth-order valence-corrected chi connectivity index (χ4v) is 1.20. The van der Waals surface area contributed by atoms with Crippen LogP contribution in [0.2, 0.25) is 0 Å². The summed E-state index contributed by atoms with van der Waals surface area (Å²) in [6.45, 7) is 4.50. The lowest BCUT2D eigenvalue weighted by Crippen LogP contribution is -2.18. The molecule has 1 rings (SSSR count). The lowest BCUT2D eigenvalue weighted by atomic mass is 10.3. The van der Waals surface area contributed by atoms with E-state index in [2.05, 4.69) is 9.59 Å². The van der Waals surface area contributed by atoms with Gasteiger partial charge in [0.1, 0.15) is 0 Å². The zero-order valence-electron chi connectivity index (χ0n) is 7.23. The van der Waals surface area contributed by atoms with Gasteiger partial charge in [-0.3, -0.25) is 0 Å². The molecule has 0 aliphatic heterocycles. The molecule has 5 heteroatoms. The van der Waals surface area contributed by atoms with E-state index in [1.54, 1.807) is 6.20 Å². The Morgan fingerprint density at radius 3 is 2.92 bits per heavy atom. The quantitative estimate of drug-likeness (QED) is 0.762. The lowest BCUT2D eigenvalue weighted by Gasteiger charge is -2.11. The average molecular weight is 187 g/mol. The third kappa shape index (κ3) is 2.84. The number of hydrogen-bond donors (Lipinski definition) is 1. The van der Waals surface area contributed by atoms with Crippen molar-refractivity contribution in [2.45, 2.75) is 26.0 Å². The topological polar surface area (TPSA) is 61.0 Å². The van der Waals surface area contributed by atoms with Gasteiger partial charge in [0, 0.05) is 0 Å². The van der Waals surface area contributed by atoms with Crippen molar-refractivity contribution in [3.8, 4) is 0 Å². The van der Waals surface area contributed by atoms with Crippen molar-refractivity contribution in [1.82, 2.24) is 9.59 Å². The Balaban J connectivity index is 2.34. The highest BCUT2D eigenvalue weighted by molar-refractivity contribution is 7.05. The summed E-state index contributed by atoms with van der Waals surface area (Å²) in [5, 5.41) is 3.70. The van der Waals surface area contributed by atoms with Crippen molar-refractivity contribution >= 4 is 11.5 Å². The Morgan fingerprint density at radius 1 is 1.67 bits per heavy atom. The number of nitrogens with two attached hydrogens (primary N) is 1. The molecule has 0 bridgehead atoms. The van der Waals surface area contributed by atoms with Crippen LogP contribution in [0.25, 0.3) is 0 Å². The molecular formula is C7H13N3OS. The van der Waals surface area contributed by atoms with Gasteiger partial charge in [0.05, 0.1) is 29.8 Å². The van der Waals surface area contributed by atoms with E-state index in [0.717, 1.165) is 4.88 Å². The number of rotatable bonds is 4. The molecule has 1 unspecified atom stereocenters. The van der Waals surface area contributed by atoms with Crippen LogP contribution in [0.4, 0.5) is 0 Å². The molecule has 2 N–H and O–H groups in total. The van der Waals surface area contributed by atoms with Crippen LogP contribution in [0, 0.1) is 0 Å². The van der Waals surface area contributed by atoms with Crippen molar-refractivity contribution in [3.63, 3.8) is 0 Å². The zero-order valence-corrected chi connectivity index (χ0v) is 8.04. The molecule has 0 saturated heterocycles. The molecule has 0 radical (unpaired) electrons. The van der Waals surface area contributed by atoms with Crippen molar-refractivity contribution in [3.05, 3.63) is 11.1 Å². The molecule has 0 spiro atoms. The maximum absolute atomic E-state index is 5.79. The lowest BCUT2D eigenvalue weighted by molar-refractivity contribution is 0.0688. The standard InChI is InChI=1S/C7H13N3OS/c1-5(2)11-4-6(8)7-3-9-10-12-7/h3,5-6H,4,8H2,1-2H3. The molecule has 1 aromatic rings. The van der Waals surface area contributed by atoms with E-state index >= 15 is 0 Å². The summed E-state index contributed by atoms with van der Waals surface area (Å²) in [6.07, 6.45) is 1.90. The van der Waals surface area contributed by atoms with E-state index < -0.39 is 0 Å². The van der Waals surface area contributed by atoms with Crippen LogP contribution in [-0.2, 0) is 4.74 Å². The number of nitrogens with zero attached hydrogens (tertiary/aromatic N) is 2. The first kappa shape index (κ1) is 9.57. The van der Waals surface area contributed by atoms with Gasteiger partial charge in [-0.05, 0) is 25.4 Å². The minimum Gasteiger partial charge on any atom is -0.377 e. The van der Waals surface area contributed by atoms with Crippen LogP contribution >= 0.6 is 11.5 Å². The van der Waals surface area contributed by atoms with Crippen molar-refractivity contribution in [2.75, 3.05) is 6.61 Å². The van der Waals surface area contributed by atoms with Crippen LogP contribution in [0.5, 0.6) is 0 Å². The van der Waals surface area contributed by atoms with Gasteiger partial charge in [0.2, 0.25) is 0 Å². The number of ether oxygens (including phenoxy) is 1. The summed E-state index contributed by atoms with van der Waals surface area (Å²) in [7, 11) is 0. The van der Waals surface area contributed by atoms with E-state index in [-0.39, 0.29) is 12.1 Å². The molecule has 0 saturated carbocycles. The van der Waals surface area contributed by atoms with E-state index in [4.69, 9.17) is 10.5 Å². The van der Waals surface area contributed by atoms with Crippen molar-refractivity contribution in [2.24, 2.45) is 5.73 Å². The van der Waals surface area contributed by atoms with Gasteiger partial charge in [0.15, 0.2) is 0 Å². The highest BCUT2D eigenvalue weighted by Gasteiger charge is 2.08. The third-order valence-corrected chi connectivity index (χ3v) is 2.15. The summed E-state index contributed by atoms with van der Waals surface area (Å²) in [6, 6.07) is -0.0904. The first-order valence-electron chi connectivity index (χ1n) is 3.84. The largest absolute Gasteiger partial charge is 0.377 e. The molecule has 0 amide bonds. The molecule has 68 valence electrons. The van der Waals surface area contributed by atoms with Gasteiger partial charge in [0.25, 0.3) is 0 Å². The Labute approximate surface area is 75.9 Å². The van der Waals surface area contributed by atoms with Crippen LogP contribution < -0.4 is 5.73 Å². The number of hydrogen-bond acceptors (Lipinski definition) is 5. The highest BCUT2D eigenvalue weighted by Crippen LogP contribution is 2.12. The molecule has 4 nitrogen and oxygen atoms in total. The summed E-state index contributed by atoms with van der Waals surface area (Å²) in [5.74, 6) is 0. The first-order chi connectivity index (χ1) is 5.70. The monoisotopic (exact) mass is 187 g/mol. The summed E-state index contributed by atoms with van der Waals surface area (Å²) in [4.78, 5) is 0.968. The maximum atomic E-state index is 5.79. The Hall–Kier alpha value is -0.520. The zero-order chi connectivity index (χ0) is 8.97. The van der Waals surface area contributed by atoms with Crippen LogP contribution in [0.3, 0.4) is 0 Å². The van der Waals surface area contributed by atoms with Gasteiger partial charge in [-0.15, -0.1) is 5.10 Å². The maximum Gasteiger partial charge on any atom is 0.0672 e. The van der Waals surface area contributed by atoms with E-state index in [0.29, 0.717) is 6.61 Å². The summed E-state index contributed by atoms with van der Waals surface area (Å²) < 4.78 is 9.08. The number of aromatic nitrogens is 2. The SMILES string of the molecule is CC(C)OCC(N)c1cnns1. The third-order valence-electron chi connectivity index (χ3n) is 1.35. The Kier molecular flexibility index (Phi) is 3.58. The van der Waals surface area contributed by atoms with Gasteiger partial charge in [-0.1, -0.05) is 4.49 Å². The van der Waals surface area contributed by atoms with Crippen LogP contribution in [-0.4, -0.2) is 22.3 Å². The van der Waals surface area contributed by atoms with Gasteiger partial charge < -0.3 is 10.5 Å². The Morgan fingerprint density at radius 2 is 2.42 bits per heavy atom. The van der Waals surface area contributed by atoms with Crippen LogP contribution in [0.15, 0.2) is 6.20 Å². The smallest absolute Gasteiger partial charge is 0.0672 e. The first-order valence-corrected chi connectivity index (χ1v) is 4.62. The molecule has 12 heavy (non-hydrogen) atoms. The second-order valence-corrected chi connectivity index (χ2v) is 3.63. The molecular weight excluding hydrogens is 174 g/mol. The van der Waals surface area contributed by atoms with Gasteiger partial charge in [-0.25, -0.2) is 0 Å². The predicted molar refractivity (Wildman–Crippen MR) is 47.9 cm³/mol. The average Bonchev–Trinajstić information content (AvgIpc) is 2.51. The van der Waals surface area contributed by atoms with Gasteiger partial charge >= 0.3 is 0 Å². The fourth-order valence-electron chi connectivity index (χ4n) is 0.716. The van der Waals surface area contributed by atoms with E-state index in [1.807, 2.05) is 13.8 Å². The predicted octanol–water partition coefficient (Wildman–Crippen LogP) is 0.963. The van der Waals surface area contributed by atoms with Crippen molar-refractivity contribution < 1.29 is 4.74 Å². The summed E-state index contributed by atoms with van der Waals surface area (Å²) in [5.41, 5.74) is 5.79. The van der Waals surface area contributed by atoms with Crippen LogP contribution in [0.1, 0.15) is 24.8 Å². The Bertz CT molecular complexity index is 212. The molecule has 1 atom stereocenters. The molecule has 0 aliphatic rings. The molecule has 1 heterocycles. The highest BCUT2D eigenvalue weighted by atomic mass is 32.1. The molecule has 1 aromatic heterocycles. The molecule has 0 aromatic carbocycles. The van der Waals surface area contributed by atoms with Gasteiger partial charge in [-0.2, -0.15) is 0 Å². The normalized spacial score (nSPS) is 13.7. The summed E-state index contributed by atoms with van der Waals surface area (Å²) >= 11 is 1.32. The second kappa shape index (κ2) is 4.49. The van der Waals surface area contributed by atoms with Crippen molar-refractivity contribution in [1.29, 1.82) is 0 Å². The van der Waals surface area contributed by atoms with E-state index in [1.165, 1.54) is 11.5 Å². The fraction of sp³-hybridized carbons (Fsp3) is 0.714. The molecule has 0 fully saturated rings.